The second-order valence-electron chi connectivity index (χ2n) is 6.97. The molecule has 1 aromatic rings. The summed E-state index contributed by atoms with van der Waals surface area (Å²) in [5, 5.41) is 2.77. The number of carbonyl (C=O) groups excluding carboxylic acids is 2. The van der Waals surface area contributed by atoms with E-state index in [0.29, 0.717) is 25.3 Å². The van der Waals surface area contributed by atoms with E-state index < -0.39 is 0 Å². The Kier molecular flexibility index (Phi) is 7.94. The van der Waals surface area contributed by atoms with Crippen molar-refractivity contribution in [3.8, 4) is 0 Å². The van der Waals surface area contributed by atoms with Crippen LogP contribution in [0.3, 0.4) is 0 Å². The monoisotopic (exact) mass is 376 g/mol. The van der Waals surface area contributed by atoms with Gasteiger partial charge < -0.3 is 10.2 Å². The van der Waals surface area contributed by atoms with Crippen LogP contribution in [-0.4, -0.2) is 78.9 Å². The molecule has 0 radical (unpaired) electrons. The van der Waals surface area contributed by atoms with Crippen LogP contribution in [0.5, 0.6) is 0 Å². The van der Waals surface area contributed by atoms with E-state index in [4.69, 9.17) is 0 Å². The molecule has 148 valence electrons. The van der Waals surface area contributed by atoms with Crippen LogP contribution in [0.15, 0.2) is 36.4 Å². The number of hydrogen-bond donors (Lipinski definition) is 1. The Balaban J connectivity index is 1.73. The van der Waals surface area contributed by atoms with E-state index in [-0.39, 0.29) is 24.2 Å². The van der Waals surface area contributed by atoms with Crippen LogP contribution in [0.1, 0.15) is 13.8 Å². The number of anilines is 1. The molecule has 0 atom stereocenters. The molecule has 0 bridgehead atoms. The van der Waals surface area contributed by atoms with Crippen LogP contribution >= 0.6 is 0 Å². The maximum absolute atomic E-state index is 12.9. The summed E-state index contributed by atoms with van der Waals surface area (Å²) in [6.45, 7) is 12.7. The minimum Gasteiger partial charge on any atom is -0.338 e. The molecular weight excluding hydrogens is 347 g/mol. The molecule has 2 amide bonds. The average molecular weight is 376 g/mol. The highest BCUT2D eigenvalue weighted by Crippen LogP contribution is 2.09. The molecule has 0 spiro atoms. The van der Waals surface area contributed by atoms with Crippen molar-refractivity contribution in [1.82, 2.24) is 14.7 Å². The third-order valence-electron chi connectivity index (χ3n) is 4.51. The Morgan fingerprint density at radius 2 is 1.67 bits per heavy atom. The molecule has 1 aliphatic rings. The van der Waals surface area contributed by atoms with Gasteiger partial charge in [0.1, 0.15) is 5.82 Å². The van der Waals surface area contributed by atoms with Crippen molar-refractivity contribution in [2.45, 2.75) is 13.8 Å². The summed E-state index contributed by atoms with van der Waals surface area (Å²) in [5.74, 6) is -0.337. The number of rotatable bonds is 8. The lowest BCUT2D eigenvalue weighted by Gasteiger charge is -2.35. The molecular formula is C20H29FN4O2. The number of likely N-dealkylation sites (N-methyl/N-ethyl adjacent to an activating group) is 1. The smallest absolute Gasteiger partial charge is 0.238 e. The van der Waals surface area contributed by atoms with Gasteiger partial charge in [-0.3, -0.25) is 19.4 Å². The summed E-state index contributed by atoms with van der Waals surface area (Å²) in [5.41, 5.74) is 1.56. The Labute approximate surface area is 160 Å². The first-order chi connectivity index (χ1) is 12.9. The first-order valence-electron chi connectivity index (χ1n) is 9.29. The van der Waals surface area contributed by atoms with E-state index in [0.717, 1.165) is 31.8 Å². The van der Waals surface area contributed by atoms with Gasteiger partial charge in [-0.1, -0.05) is 12.2 Å². The fourth-order valence-corrected chi connectivity index (χ4v) is 3.04. The summed E-state index contributed by atoms with van der Waals surface area (Å²) in [4.78, 5) is 30.5. The van der Waals surface area contributed by atoms with Gasteiger partial charge in [0.2, 0.25) is 11.8 Å². The number of halogens is 1. The van der Waals surface area contributed by atoms with E-state index in [2.05, 4.69) is 21.7 Å². The summed E-state index contributed by atoms with van der Waals surface area (Å²) < 4.78 is 12.9. The van der Waals surface area contributed by atoms with E-state index in [9.17, 15) is 14.0 Å². The third-order valence-corrected chi connectivity index (χ3v) is 4.51. The highest BCUT2D eigenvalue weighted by Gasteiger charge is 2.22. The largest absolute Gasteiger partial charge is 0.338 e. The number of piperazine rings is 1. The fourth-order valence-electron chi connectivity index (χ4n) is 3.04. The minimum atomic E-state index is -0.330. The summed E-state index contributed by atoms with van der Waals surface area (Å²) in [6, 6.07) is 5.72. The average Bonchev–Trinajstić information content (AvgIpc) is 2.63. The molecule has 27 heavy (non-hydrogen) atoms. The minimum absolute atomic E-state index is 0.114. The number of amides is 2. The Hall–Kier alpha value is -2.25. The van der Waals surface area contributed by atoms with Gasteiger partial charge in [-0.25, -0.2) is 4.39 Å². The second kappa shape index (κ2) is 10.2. The van der Waals surface area contributed by atoms with E-state index in [1.54, 1.807) is 12.1 Å². The molecule has 1 saturated heterocycles. The van der Waals surface area contributed by atoms with Crippen molar-refractivity contribution in [1.29, 1.82) is 0 Å². The van der Waals surface area contributed by atoms with Crippen molar-refractivity contribution in [3.05, 3.63) is 42.2 Å². The van der Waals surface area contributed by atoms with Crippen molar-refractivity contribution in [3.63, 3.8) is 0 Å². The molecule has 1 fully saturated rings. The van der Waals surface area contributed by atoms with Crippen LogP contribution in [0, 0.1) is 5.82 Å². The summed E-state index contributed by atoms with van der Waals surface area (Å²) >= 11 is 0. The predicted octanol–water partition coefficient (Wildman–Crippen LogP) is 1.81. The zero-order chi connectivity index (χ0) is 19.8. The zero-order valence-electron chi connectivity index (χ0n) is 16.2. The topological polar surface area (TPSA) is 55.9 Å². The van der Waals surface area contributed by atoms with E-state index >= 15 is 0 Å². The summed E-state index contributed by atoms with van der Waals surface area (Å²) in [7, 11) is 0. The normalized spacial score (nSPS) is 15.4. The molecule has 6 nitrogen and oxygen atoms in total. The number of nitrogens with zero attached hydrogens (tertiary/aromatic N) is 3. The Morgan fingerprint density at radius 3 is 2.19 bits per heavy atom. The highest BCUT2D eigenvalue weighted by molar-refractivity contribution is 5.92. The van der Waals surface area contributed by atoms with Crippen LogP contribution in [0.2, 0.25) is 0 Å². The van der Waals surface area contributed by atoms with Crippen molar-refractivity contribution < 1.29 is 14.0 Å². The molecule has 0 unspecified atom stereocenters. The molecule has 1 aliphatic heterocycles. The quantitative estimate of drug-likeness (QED) is 0.703. The number of benzene rings is 1. The maximum atomic E-state index is 12.9. The highest BCUT2D eigenvalue weighted by atomic mass is 19.1. The van der Waals surface area contributed by atoms with E-state index in [1.807, 2.05) is 18.7 Å². The predicted molar refractivity (Wildman–Crippen MR) is 105 cm³/mol. The lowest BCUT2D eigenvalue weighted by atomic mass is 10.2. The first kappa shape index (κ1) is 21.1. The number of carbonyl (C=O) groups is 2. The lowest BCUT2D eigenvalue weighted by Crippen LogP contribution is -2.51. The zero-order valence-corrected chi connectivity index (χ0v) is 16.2. The van der Waals surface area contributed by atoms with E-state index in [1.165, 1.54) is 12.1 Å². The number of nitrogens with one attached hydrogen (secondary N) is 1. The van der Waals surface area contributed by atoms with Gasteiger partial charge in [-0.15, -0.1) is 0 Å². The molecule has 0 saturated carbocycles. The summed E-state index contributed by atoms with van der Waals surface area (Å²) in [6.07, 6.45) is 0. The molecule has 1 heterocycles. The van der Waals surface area contributed by atoms with Gasteiger partial charge in [-0.2, -0.15) is 0 Å². The number of hydrogen-bond acceptors (Lipinski definition) is 4. The second-order valence-corrected chi connectivity index (χ2v) is 6.97. The van der Waals surface area contributed by atoms with Gasteiger partial charge in [-0.05, 0) is 38.1 Å². The van der Waals surface area contributed by atoms with Crippen LogP contribution in [0.4, 0.5) is 10.1 Å². The SMILES string of the molecule is C=C(C)CN(CC)C(=O)CN1CCN(CC(=O)Nc2ccc(F)cc2)CC1. The molecule has 0 aromatic heterocycles. The first-order valence-corrected chi connectivity index (χ1v) is 9.29. The van der Waals surface area contributed by atoms with Crippen molar-refractivity contribution in [2.75, 3.05) is 57.7 Å². The van der Waals surface area contributed by atoms with Crippen LogP contribution in [0.25, 0.3) is 0 Å². The molecule has 7 heteroatoms. The van der Waals surface area contributed by atoms with Crippen LogP contribution in [-0.2, 0) is 9.59 Å². The Bertz CT molecular complexity index is 654. The van der Waals surface area contributed by atoms with Gasteiger partial charge >= 0.3 is 0 Å². The van der Waals surface area contributed by atoms with Gasteiger partial charge in [0.15, 0.2) is 0 Å². The van der Waals surface area contributed by atoms with Gasteiger partial charge in [0.25, 0.3) is 0 Å². The maximum Gasteiger partial charge on any atom is 0.238 e. The standard InChI is InChI=1S/C20H29FN4O2/c1-4-25(13-16(2)3)20(27)15-24-11-9-23(10-12-24)14-19(26)22-18-7-5-17(21)6-8-18/h5-8H,2,4,9-15H2,1,3H3,(H,22,26). The molecule has 2 rings (SSSR count). The van der Waals surface area contributed by atoms with Gasteiger partial charge in [0, 0.05) is 45.0 Å². The molecule has 1 aromatic carbocycles. The van der Waals surface area contributed by atoms with Gasteiger partial charge in [0.05, 0.1) is 13.1 Å². The molecule has 0 aliphatic carbocycles. The van der Waals surface area contributed by atoms with Crippen molar-refractivity contribution >= 4 is 17.5 Å². The molecule has 1 N–H and O–H groups in total. The Morgan fingerprint density at radius 1 is 1.11 bits per heavy atom. The fraction of sp³-hybridized carbons (Fsp3) is 0.500. The lowest BCUT2D eigenvalue weighted by molar-refractivity contribution is -0.132. The third kappa shape index (κ3) is 7.11. The van der Waals surface area contributed by atoms with Crippen molar-refractivity contribution in [2.24, 2.45) is 0 Å². The van der Waals surface area contributed by atoms with Crippen LogP contribution < -0.4 is 5.32 Å².